The van der Waals surface area contributed by atoms with Crippen molar-refractivity contribution in [3.05, 3.63) is 64.2 Å². The highest BCUT2D eigenvalue weighted by atomic mass is 16.2. The van der Waals surface area contributed by atoms with E-state index < -0.39 is 27.1 Å². The summed E-state index contributed by atoms with van der Waals surface area (Å²) < 4.78 is 0. The normalized spacial score (nSPS) is 13.6. The lowest BCUT2D eigenvalue weighted by atomic mass is 9.79. The van der Waals surface area contributed by atoms with Gasteiger partial charge in [-0.2, -0.15) is 0 Å². The Kier molecular flexibility index (Phi) is 31.7. The molecule has 0 radical (unpaired) electrons. The van der Waals surface area contributed by atoms with Gasteiger partial charge in [0.1, 0.15) is 11.6 Å². The third kappa shape index (κ3) is 32.9. The molecule has 0 saturated carbocycles. The van der Waals surface area contributed by atoms with Gasteiger partial charge in [-0.25, -0.2) is 0 Å². The van der Waals surface area contributed by atoms with E-state index in [2.05, 4.69) is 55.9 Å². The molecule has 0 amide bonds. The second-order valence-electron chi connectivity index (χ2n) is 33.7. The van der Waals surface area contributed by atoms with Crippen molar-refractivity contribution in [1.82, 2.24) is 16.0 Å². The molecule has 0 unspecified atom stereocenters. The standard InChI is InChI=1S/C20H31NO2.C19H29NO2.2C17H33NO2/c1-13(2)21-12-14-9-10-15(17(22)19(3,4)5)16(11-14)18(23)20(6,7)8;1-12(2)20-15-10-13(16(21)18(3,4)5)9-14(11-15)17(22)19(6,7)8;1-15(2,3)13(19)11-10-12(18-17(7,8)9)14(20)16(4,5)6;1-12(2)14(19)11-9-10-13(18-17(6,7)8)15(20)16(3,4)5/h9-11,13,21H,12H2,1-8H3;9-12,20H,1-8H3;12,18H,10-11H2,1-9H3;12-13,18H,9-11H2,1-8H3/t;;12-;13-/m..01/s1. The molecule has 0 aliphatic rings. The second kappa shape index (κ2) is 32.6. The highest BCUT2D eigenvalue weighted by Gasteiger charge is 2.36. The number of hydrogen-bond donors (Lipinski definition) is 4. The van der Waals surface area contributed by atoms with Crippen LogP contribution in [0, 0.1) is 43.8 Å². The number of Topliss-reactive ketones (excluding diaryl/α,β-unsaturated/α-hetero) is 8. The summed E-state index contributed by atoms with van der Waals surface area (Å²) in [6.07, 6.45) is 3.08. The predicted molar refractivity (Wildman–Crippen MR) is 358 cm³/mol. The highest BCUT2D eigenvalue weighted by molar-refractivity contribution is 6.12. The lowest BCUT2D eigenvalue weighted by Crippen LogP contribution is -2.51. The van der Waals surface area contributed by atoms with Gasteiger partial charge >= 0.3 is 0 Å². The summed E-state index contributed by atoms with van der Waals surface area (Å²) >= 11 is 0. The number of benzene rings is 2. The summed E-state index contributed by atoms with van der Waals surface area (Å²) in [6.45, 7) is 65.2. The van der Waals surface area contributed by atoms with Crippen molar-refractivity contribution in [2.45, 2.75) is 302 Å². The zero-order valence-electron chi connectivity index (χ0n) is 60.4. The number of anilines is 1. The molecule has 0 bridgehead atoms. The lowest BCUT2D eigenvalue weighted by molar-refractivity contribution is -0.130. The Labute approximate surface area is 519 Å². The Morgan fingerprint density at radius 3 is 1.09 bits per heavy atom. The number of carbonyl (C=O) groups excluding carboxylic acids is 8. The van der Waals surface area contributed by atoms with Crippen LogP contribution in [0.15, 0.2) is 36.4 Å². The molecule has 85 heavy (non-hydrogen) atoms. The molecule has 2 atom stereocenters. The van der Waals surface area contributed by atoms with Crippen molar-refractivity contribution >= 4 is 52.0 Å². The molecule has 12 nitrogen and oxygen atoms in total. The van der Waals surface area contributed by atoms with E-state index in [-0.39, 0.29) is 92.2 Å². The second-order valence-corrected chi connectivity index (χ2v) is 33.7. The summed E-state index contributed by atoms with van der Waals surface area (Å²) in [7, 11) is 0. The van der Waals surface area contributed by atoms with Gasteiger partial charge in [0.05, 0.1) is 12.1 Å². The zero-order valence-corrected chi connectivity index (χ0v) is 60.4. The summed E-state index contributed by atoms with van der Waals surface area (Å²) in [5, 5.41) is 13.4. The van der Waals surface area contributed by atoms with Gasteiger partial charge in [0.2, 0.25) is 0 Å². The molecule has 2 aromatic rings. The minimum Gasteiger partial charge on any atom is -0.383 e. The average molecular weight is 1190 g/mol. The van der Waals surface area contributed by atoms with Crippen LogP contribution in [0.5, 0.6) is 0 Å². The van der Waals surface area contributed by atoms with Crippen LogP contribution in [-0.2, 0) is 25.7 Å². The first-order valence-corrected chi connectivity index (χ1v) is 31.3. The molecule has 0 heterocycles. The molecule has 0 aromatic heterocycles. The number of hydrogen-bond acceptors (Lipinski definition) is 12. The van der Waals surface area contributed by atoms with E-state index in [9.17, 15) is 38.4 Å². The van der Waals surface area contributed by atoms with Gasteiger partial charge < -0.3 is 21.3 Å². The Hall–Kier alpha value is -4.52. The van der Waals surface area contributed by atoms with E-state index >= 15 is 0 Å². The molecular weight excluding hydrogens is 1060 g/mol. The molecule has 0 saturated heterocycles. The Balaban J connectivity index is 0. The first-order chi connectivity index (χ1) is 37.6. The summed E-state index contributed by atoms with van der Waals surface area (Å²) in [5.41, 5.74) is 0.787. The van der Waals surface area contributed by atoms with Gasteiger partial charge in [-0.05, 0) is 104 Å². The minimum absolute atomic E-state index is 0.00784. The number of ketones is 8. The van der Waals surface area contributed by atoms with Crippen LogP contribution >= 0.6 is 0 Å². The van der Waals surface area contributed by atoms with Crippen LogP contribution in [0.3, 0.4) is 0 Å². The van der Waals surface area contributed by atoms with E-state index in [4.69, 9.17) is 0 Å². The van der Waals surface area contributed by atoms with Crippen LogP contribution in [0.2, 0.25) is 0 Å². The van der Waals surface area contributed by atoms with Crippen LogP contribution in [-0.4, -0.2) is 81.5 Å². The maximum Gasteiger partial charge on any atom is 0.168 e. The van der Waals surface area contributed by atoms with Crippen molar-refractivity contribution in [2.75, 3.05) is 5.32 Å². The van der Waals surface area contributed by atoms with Crippen LogP contribution in [0.1, 0.15) is 308 Å². The van der Waals surface area contributed by atoms with Crippen molar-refractivity contribution in [3.8, 4) is 0 Å². The molecule has 0 fully saturated rings. The summed E-state index contributed by atoms with van der Waals surface area (Å²) in [5.74, 6) is 1.08. The maximum atomic E-state index is 12.8. The maximum absolute atomic E-state index is 12.8. The van der Waals surface area contributed by atoms with Gasteiger partial charge in [-0.15, -0.1) is 0 Å². The zero-order chi connectivity index (χ0) is 67.8. The monoisotopic (exact) mass is 1190 g/mol. The lowest BCUT2D eigenvalue weighted by Gasteiger charge is -2.32. The fourth-order valence-corrected chi connectivity index (χ4v) is 8.44. The average Bonchev–Trinajstić information content (AvgIpc) is 3.52. The van der Waals surface area contributed by atoms with Crippen LogP contribution in [0.25, 0.3) is 0 Å². The van der Waals surface area contributed by atoms with Crippen LogP contribution < -0.4 is 21.3 Å². The van der Waals surface area contributed by atoms with Gasteiger partial charge in [0.15, 0.2) is 34.7 Å². The first-order valence-electron chi connectivity index (χ1n) is 31.3. The highest BCUT2D eigenvalue weighted by Crippen LogP contribution is 2.31. The van der Waals surface area contributed by atoms with Gasteiger partial charge in [-0.3, -0.25) is 38.4 Å². The Morgan fingerprint density at radius 1 is 0.400 bits per heavy atom. The molecule has 0 spiro atoms. The van der Waals surface area contributed by atoms with Crippen molar-refractivity contribution in [3.63, 3.8) is 0 Å². The van der Waals surface area contributed by atoms with Gasteiger partial charge in [0.25, 0.3) is 0 Å². The van der Waals surface area contributed by atoms with E-state index in [0.29, 0.717) is 54.1 Å². The quantitative estimate of drug-likeness (QED) is 0.0869. The van der Waals surface area contributed by atoms with E-state index in [0.717, 1.165) is 24.1 Å². The van der Waals surface area contributed by atoms with E-state index in [1.165, 1.54) is 0 Å². The molecular formula is C73H126N4O8. The largest absolute Gasteiger partial charge is 0.383 e. The third-order valence-electron chi connectivity index (χ3n) is 13.3. The first kappa shape index (κ1) is 82.5. The molecule has 2 rings (SSSR count). The minimum atomic E-state index is -0.517. The predicted octanol–water partition coefficient (Wildman–Crippen LogP) is 17.1. The number of carbonyl (C=O) groups is 8. The molecule has 486 valence electrons. The van der Waals surface area contributed by atoms with Gasteiger partial charge in [0, 0.05) is 114 Å². The van der Waals surface area contributed by atoms with Gasteiger partial charge in [-0.1, -0.05) is 185 Å². The summed E-state index contributed by atoms with van der Waals surface area (Å²) in [4.78, 5) is 99.5. The number of nitrogens with one attached hydrogen (secondary N) is 4. The number of rotatable bonds is 21. The van der Waals surface area contributed by atoms with Crippen molar-refractivity contribution < 1.29 is 38.4 Å². The van der Waals surface area contributed by atoms with Crippen molar-refractivity contribution in [1.29, 1.82) is 0 Å². The molecule has 12 heteroatoms. The fourth-order valence-electron chi connectivity index (χ4n) is 8.44. The summed E-state index contributed by atoms with van der Waals surface area (Å²) in [6, 6.07) is 11.2. The smallest absolute Gasteiger partial charge is 0.168 e. The Bertz CT molecular complexity index is 2490. The SMILES string of the molecule is CC(C)(C)N[C@@H](CCC(=O)C(C)(C)C)C(=O)C(C)(C)C.CC(C)C(=O)CCC[C@@H](NC(C)(C)C)C(=O)C(C)(C)C.CC(C)NCc1ccc(C(=O)C(C)(C)C)c(C(=O)C(C)(C)C)c1.CC(C)Nc1cc(C(=O)C(C)(C)C)cc(C(=O)C(C)(C)C)c1. The molecule has 0 aliphatic heterocycles. The fraction of sp³-hybridized carbons (Fsp3) is 0.726. The van der Waals surface area contributed by atoms with E-state index in [1.807, 2.05) is 224 Å². The van der Waals surface area contributed by atoms with Crippen LogP contribution in [0.4, 0.5) is 5.69 Å². The molecule has 0 aliphatic carbocycles. The Morgan fingerprint density at radius 2 is 0.776 bits per heavy atom. The molecule has 4 N–H and O–H groups in total. The van der Waals surface area contributed by atoms with Crippen molar-refractivity contribution in [2.24, 2.45) is 43.8 Å². The third-order valence-corrected chi connectivity index (χ3v) is 13.3. The van der Waals surface area contributed by atoms with E-state index in [1.54, 1.807) is 6.07 Å². The molecule has 2 aromatic carbocycles. The topological polar surface area (TPSA) is 185 Å².